The van der Waals surface area contributed by atoms with Crippen molar-refractivity contribution in [3.63, 3.8) is 0 Å². The molecule has 0 aromatic heterocycles. The van der Waals surface area contributed by atoms with Crippen molar-refractivity contribution < 1.29 is 29.0 Å². The van der Waals surface area contributed by atoms with Gasteiger partial charge in [-0.3, -0.25) is 19.3 Å². The van der Waals surface area contributed by atoms with Crippen LogP contribution >= 0.6 is 0 Å². The zero-order chi connectivity index (χ0) is 17.5. The van der Waals surface area contributed by atoms with Gasteiger partial charge in [0.2, 0.25) is 17.7 Å². The second kappa shape index (κ2) is 8.21. The lowest BCUT2D eigenvalue weighted by molar-refractivity contribution is -0.152. The van der Waals surface area contributed by atoms with E-state index in [1.807, 2.05) is 0 Å². The third-order valence-corrected chi connectivity index (χ3v) is 3.48. The van der Waals surface area contributed by atoms with Crippen molar-refractivity contribution in [2.75, 3.05) is 25.1 Å². The van der Waals surface area contributed by atoms with Gasteiger partial charge in [-0.1, -0.05) is 12.1 Å². The molecule has 128 valence electrons. The van der Waals surface area contributed by atoms with Crippen molar-refractivity contribution >= 4 is 29.4 Å². The Kier molecular flexibility index (Phi) is 6.02. The average molecular weight is 334 g/mol. The minimum atomic E-state index is -1.14. The first-order valence-electron chi connectivity index (χ1n) is 7.47. The molecule has 1 aliphatic heterocycles. The van der Waals surface area contributed by atoms with E-state index in [1.165, 1.54) is 4.90 Å². The molecule has 1 heterocycles. The molecule has 2 N–H and O–H groups in total. The second-order valence-electron chi connectivity index (χ2n) is 5.32. The van der Waals surface area contributed by atoms with Gasteiger partial charge in [-0.05, 0) is 24.1 Å². The van der Waals surface area contributed by atoms with Gasteiger partial charge < -0.3 is 15.2 Å². The van der Waals surface area contributed by atoms with E-state index in [0.717, 1.165) is 5.56 Å². The van der Waals surface area contributed by atoms with E-state index in [4.69, 9.17) is 5.11 Å². The van der Waals surface area contributed by atoms with Crippen LogP contribution in [-0.4, -0.2) is 53.5 Å². The van der Waals surface area contributed by atoms with Crippen LogP contribution in [0, 0.1) is 0 Å². The van der Waals surface area contributed by atoms with Gasteiger partial charge in [0.1, 0.15) is 13.2 Å². The summed E-state index contributed by atoms with van der Waals surface area (Å²) in [6.07, 6.45) is 1.22. The number of benzene rings is 1. The number of hydrogen-bond donors (Lipinski definition) is 2. The fourth-order valence-electron chi connectivity index (χ4n) is 2.15. The van der Waals surface area contributed by atoms with Crippen LogP contribution in [0.3, 0.4) is 0 Å². The number of carboxylic acid groups (broad SMARTS) is 1. The van der Waals surface area contributed by atoms with Gasteiger partial charge in [-0.25, -0.2) is 4.79 Å². The molecule has 0 aliphatic carbocycles. The Hall–Kier alpha value is -2.74. The Morgan fingerprint density at radius 2 is 1.88 bits per heavy atom. The van der Waals surface area contributed by atoms with E-state index in [0.29, 0.717) is 25.1 Å². The summed E-state index contributed by atoms with van der Waals surface area (Å²) in [4.78, 5) is 46.0. The highest BCUT2D eigenvalue weighted by atomic mass is 16.5. The van der Waals surface area contributed by atoms with Gasteiger partial charge in [0.25, 0.3) is 0 Å². The van der Waals surface area contributed by atoms with E-state index < -0.39 is 18.5 Å². The van der Waals surface area contributed by atoms with Gasteiger partial charge in [-0.15, -0.1) is 0 Å². The number of nitrogens with one attached hydrogen (secondary N) is 1. The highest BCUT2D eigenvalue weighted by Gasteiger charge is 2.29. The van der Waals surface area contributed by atoms with Gasteiger partial charge in [0, 0.05) is 25.1 Å². The lowest BCUT2D eigenvalue weighted by Crippen LogP contribution is -2.47. The molecule has 1 aromatic carbocycles. The molecule has 0 saturated carbocycles. The Bertz CT molecular complexity index is 640. The minimum absolute atomic E-state index is 0.122. The van der Waals surface area contributed by atoms with Gasteiger partial charge in [0.05, 0.1) is 0 Å². The van der Waals surface area contributed by atoms with Gasteiger partial charge in [-0.2, -0.15) is 0 Å². The number of imide groups is 1. The monoisotopic (exact) mass is 334 g/mol. The number of carboxylic acids is 1. The fourth-order valence-corrected chi connectivity index (χ4v) is 2.15. The molecule has 2 rings (SSSR count). The Labute approximate surface area is 138 Å². The number of aryl methyl sites for hydroxylation is 1. The van der Waals surface area contributed by atoms with Crippen LogP contribution < -0.4 is 5.32 Å². The van der Waals surface area contributed by atoms with Crippen LogP contribution in [-0.2, 0) is 30.3 Å². The van der Waals surface area contributed by atoms with Crippen LogP contribution in [0.4, 0.5) is 5.69 Å². The topological polar surface area (TPSA) is 113 Å². The molecule has 0 radical (unpaired) electrons. The number of anilines is 1. The summed E-state index contributed by atoms with van der Waals surface area (Å²) >= 11 is 0. The van der Waals surface area contributed by atoms with Crippen molar-refractivity contribution in [3.05, 3.63) is 29.8 Å². The van der Waals surface area contributed by atoms with Crippen LogP contribution in [0.25, 0.3) is 0 Å². The number of ether oxygens (including phenoxy) is 1. The smallest absolute Gasteiger partial charge is 0.329 e. The average Bonchev–Trinajstić information content (AvgIpc) is 2.52. The number of carbonyl (C=O) groups excluding carboxylic acids is 3. The van der Waals surface area contributed by atoms with Crippen LogP contribution in [0.5, 0.6) is 0 Å². The first-order valence-corrected chi connectivity index (χ1v) is 7.47. The Balaban J connectivity index is 1.74. The van der Waals surface area contributed by atoms with Crippen molar-refractivity contribution in [1.29, 1.82) is 0 Å². The van der Waals surface area contributed by atoms with E-state index in [9.17, 15) is 19.2 Å². The van der Waals surface area contributed by atoms with E-state index in [1.54, 1.807) is 24.3 Å². The van der Waals surface area contributed by atoms with Gasteiger partial charge in [0.15, 0.2) is 0 Å². The number of aliphatic carboxylic acids is 1. The molecule has 1 aromatic rings. The Morgan fingerprint density at radius 1 is 1.17 bits per heavy atom. The summed E-state index contributed by atoms with van der Waals surface area (Å²) in [5.41, 5.74) is 1.46. The maximum Gasteiger partial charge on any atom is 0.329 e. The van der Waals surface area contributed by atoms with E-state index in [2.05, 4.69) is 10.1 Å². The maximum absolute atomic E-state index is 11.8. The highest BCUT2D eigenvalue weighted by molar-refractivity contribution is 5.99. The summed E-state index contributed by atoms with van der Waals surface area (Å²) in [6, 6.07) is 6.92. The first kappa shape index (κ1) is 17.6. The van der Waals surface area contributed by atoms with Crippen LogP contribution in [0.1, 0.15) is 18.4 Å². The van der Waals surface area contributed by atoms with E-state index in [-0.39, 0.29) is 24.8 Å². The third-order valence-electron chi connectivity index (χ3n) is 3.48. The van der Waals surface area contributed by atoms with Crippen molar-refractivity contribution in [3.8, 4) is 0 Å². The highest BCUT2D eigenvalue weighted by Crippen LogP contribution is 2.14. The summed E-state index contributed by atoms with van der Waals surface area (Å²) in [5, 5.41) is 11.0. The largest absolute Gasteiger partial charge is 0.480 e. The lowest BCUT2D eigenvalue weighted by atomic mass is 10.1. The van der Waals surface area contributed by atoms with Crippen molar-refractivity contribution in [2.45, 2.75) is 19.3 Å². The fraction of sp³-hybridized carbons (Fsp3) is 0.375. The molecule has 1 fully saturated rings. The Morgan fingerprint density at radius 3 is 2.42 bits per heavy atom. The first-order chi connectivity index (χ1) is 11.5. The zero-order valence-corrected chi connectivity index (χ0v) is 13.0. The number of nitrogens with zero attached hydrogens (tertiary/aromatic N) is 1. The lowest BCUT2D eigenvalue weighted by Gasteiger charge is -2.28. The predicted octanol–water partition coefficient (Wildman–Crippen LogP) is 0.418. The summed E-state index contributed by atoms with van der Waals surface area (Å²) in [7, 11) is 0. The quantitative estimate of drug-likeness (QED) is 0.666. The molecule has 0 unspecified atom stereocenters. The molecular formula is C16H18N2O6. The van der Waals surface area contributed by atoms with Crippen LogP contribution in [0.2, 0.25) is 0 Å². The number of β-lactam (4-membered cyclic amide) rings is 1. The number of amides is 3. The molecule has 8 nitrogen and oxygen atoms in total. The normalized spacial score (nSPS) is 13.3. The molecule has 0 bridgehead atoms. The molecule has 0 atom stereocenters. The van der Waals surface area contributed by atoms with Crippen molar-refractivity contribution in [2.24, 2.45) is 0 Å². The standard InChI is InChI=1S/C16H18N2O6/c19-13(9-24-10-16(22)23)17-12-4-1-11(2-5-12)3-6-14(20)18-8-7-15(18)21/h1-2,4-5H,3,6-10H2,(H,17,19)(H,22,23). The molecule has 1 saturated heterocycles. The van der Waals surface area contributed by atoms with E-state index >= 15 is 0 Å². The predicted molar refractivity (Wildman–Crippen MR) is 83.2 cm³/mol. The molecule has 8 heteroatoms. The SMILES string of the molecule is O=C(O)COCC(=O)Nc1ccc(CCC(=O)N2CCC2=O)cc1. The summed E-state index contributed by atoms with van der Waals surface area (Å²) in [5.74, 6) is -1.88. The summed E-state index contributed by atoms with van der Waals surface area (Å²) in [6.45, 7) is -0.362. The number of rotatable bonds is 8. The third kappa shape index (κ3) is 5.17. The summed E-state index contributed by atoms with van der Waals surface area (Å²) < 4.78 is 4.68. The molecule has 1 aliphatic rings. The van der Waals surface area contributed by atoms with Gasteiger partial charge >= 0.3 is 5.97 Å². The minimum Gasteiger partial charge on any atom is -0.480 e. The number of hydrogen-bond acceptors (Lipinski definition) is 5. The molecular weight excluding hydrogens is 316 g/mol. The zero-order valence-electron chi connectivity index (χ0n) is 13.0. The molecule has 3 amide bonds. The second-order valence-corrected chi connectivity index (χ2v) is 5.32. The number of likely N-dealkylation sites (tertiary alicyclic amines) is 1. The molecule has 24 heavy (non-hydrogen) atoms. The van der Waals surface area contributed by atoms with Crippen molar-refractivity contribution in [1.82, 2.24) is 4.90 Å². The van der Waals surface area contributed by atoms with Crippen LogP contribution in [0.15, 0.2) is 24.3 Å². The maximum atomic E-state index is 11.8. The molecule has 0 spiro atoms. The number of carbonyl (C=O) groups is 4.